The highest BCUT2D eigenvalue weighted by molar-refractivity contribution is 5.71. The Morgan fingerprint density at radius 3 is 0.782 bits per heavy atom. The van der Waals surface area contributed by atoms with Crippen LogP contribution in [0.3, 0.4) is 0 Å². The van der Waals surface area contributed by atoms with Gasteiger partial charge in [-0.25, -0.2) is 0 Å². The van der Waals surface area contributed by atoms with Gasteiger partial charge in [-0.05, 0) is 83.5 Å². The molecule has 0 N–H and O–H groups in total. The van der Waals surface area contributed by atoms with Crippen LogP contribution in [0.5, 0.6) is 0 Å². The monoisotopic (exact) mass is 1080 g/mol. The molecule has 0 rings (SSSR count). The summed E-state index contributed by atoms with van der Waals surface area (Å²) < 4.78 is 16.8. The summed E-state index contributed by atoms with van der Waals surface area (Å²) >= 11 is 0. The molecule has 78 heavy (non-hydrogen) atoms. The number of carbonyl (C=O) groups is 3. The standard InChI is InChI=1S/C72H124O6/c1-4-7-10-13-16-18-20-22-24-26-28-30-32-34-35-36-37-38-40-41-43-45-47-49-51-53-56-59-62-65-71(74)77-68-69(67-76-70(73)64-61-58-55-15-12-9-6-3)78-72(75)66-63-60-57-54-52-50-48-46-44-42-39-33-31-29-27-25-23-21-19-17-14-11-8-5-2/h7,10,16,18,22,24,28,30,34-35,37-38,41,43,47,49,69H,4-6,8-9,11-15,17,19-21,23,25-27,29,31-33,36,39-40,42,44-46,48,50-68H2,1-3H3/b10-7-,18-16-,24-22-,30-28-,35-34-,38-37-,43-41-,49-47-. The van der Waals surface area contributed by atoms with Crippen LogP contribution in [0.2, 0.25) is 0 Å². The summed E-state index contributed by atoms with van der Waals surface area (Å²) in [5.74, 6) is -0.903. The van der Waals surface area contributed by atoms with Gasteiger partial charge in [0.05, 0.1) is 0 Å². The number of carbonyl (C=O) groups excluding carboxylic acids is 3. The molecule has 0 aliphatic carbocycles. The summed E-state index contributed by atoms with van der Waals surface area (Å²) in [7, 11) is 0. The third kappa shape index (κ3) is 63.2. The van der Waals surface area contributed by atoms with Gasteiger partial charge in [-0.15, -0.1) is 0 Å². The van der Waals surface area contributed by atoms with Crippen molar-refractivity contribution >= 4 is 17.9 Å². The Bertz CT molecular complexity index is 1530. The fourth-order valence-corrected chi connectivity index (χ4v) is 9.40. The van der Waals surface area contributed by atoms with Crippen LogP contribution in [-0.2, 0) is 28.6 Å². The van der Waals surface area contributed by atoms with Crippen LogP contribution in [0.15, 0.2) is 97.2 Å². The van der Waals surface area contributed by atoms with Crippen molar-refractivity contribution in [1.29, 1.82) is 0 Å². The van der Waals surface area contributed by atoms with Crippen molar-refractivity contribution in [3.63, 3.8) is 0 Å². The molecule has 0 heterocycles. The van der Waals surface area contributed by atoms with E-state index in [0.29, 0.717) is 19.3 Å². The zero-order valence-electron chi connectivity index (χ0n) is 51.4. The van der Waals surface area contributed by atoms with E-state index in [4.69, 9.17) is 14.2 Å². The Morgan fingerprint density at radius 2 is 0.500 bits per heavy atom. The van der Waals surface area contributed by atoms with Crippen LogP contribution < -0.4 is 0 Å². The van der Waals surface area contributed by atoms with E-state index < -0.39 is 6.10 Å². The Morgan fingerprint density at radius 1 is 0.269 bits per heavy atom. The maximum absolute atomic E-state index is 12.9. The molecule has 0 aromatic heterocycles. The van der Waals surface area contributed by atoms with E-state index in [1.807, 2.05) is 0 Å². The SMILES string of the molecule is CC/C=C\C/C=C\C/C=C\C/C=C\C/C=C\C/C=C\C/C=C\C/C=C\CCCCCCC(=O)OCC(COC(=O)CCCCCCCCC)OC(=O)CCCCCCCCCCCCCCCCCCCCCCCCCC. The zero-order chi connectivity index (χ0) is 56.4. The maximum atomic E-state index is 12.9. The molecule has 0 bridgehead atoms. The molecule has 0 fully saturated rings. The lowest BCUT2D eigenvalue weighted by molar-refractivity contribution is -0.167. The maximum Gasteiger partial charge on any atom is 0.306 e. The van der Waals surface area contributed by atoms with Crippen LogP contribution in [0.4, 0.5) is 0 Å². The molecule has 0 saturated heterocycles. The third-order valence-electron chi connectivity index (χ3n) is 14.4. The molecule has 0 radical (unpaired) electrons. The van der Waals surface area contributed by atoms with E-state index in [0.717, 1.165) is 122 Å². The molecule has 0 aliphatic rings. The van der Waals surface area contributed by atoms with Gasteiger partial charge >= 0.3 is 17.9 Å². The normalized spacial score (nSPS) is 12.7. The van der Waals surface area contributed by atoms with Crippen LogP contribution in [0.25, 0.3) is 0 Å². The average molecular weight is 1090 g/mol. The van der Waals surface area contributed by atoms with Crippen LogP contribution in [0.1, 0.15) is 323 Å². The van der Waals surface area contributed by atoms with Crippen LogP contribution in [0, 0.1) is 0 Å². The van der Waals surface area contributed by atoms with Gasteiger partial charge in [0, 0.05) is 19.3 Å². The lowest BCUT2D eigenvalue weighted by Crippen LogP contribution is -2.30. The molecule has 0 aromatic carbocycles. The first kappa shape index (κ1) is 74.3. The zero-order valence-corrected chi connectivity index (χ0v) is 51.4. The second-order valence-electron chi connectivity index (χ2n) is 22.0. The first-order chi connectivity index (χ1) is 38.5. The highest BCUT2D eigenvalue weighted by atomic mass is 16.6. The molecule has 0 saturated carbocycles. The minimum Gasteiger partial charge on any atom is -0.462 e. The van der Waals surface area contributed by atoms with Crippen molar-refractivity contribution in [1.82, 2.24) is 0 Å². The molecule has 0 spiro atoms. The Hall–Kier alpha value is -3.67. The smallest absolute Gasteiger partial charge is 0.306 e. The van der Waals surface area contributed by atoms with Crippen molar-refractivity contribution < 1.29 is 28.6 Å². The molecule has 448 valence electrons. The van der Waals surface area contributed by atoms with E-state index in [2.05, 4.69) is 118 Å². The highest BCUT2D eigenvalue weighted by Gasteiger charge is 2.19. The highest BCUT2D eigenvalue weighted by Crippen LogP contribution is 2.17. The molecule has 1 unspecified atom stereocenters. The molecule has 6 heteroatoms. The van der Waals surface area contributed by atoms with Gasteiger partial charge in [-0.3, -0.25) is 14.4 Å². The predicted molar refractivity (Wildman–Crippen MR) is 339 cm³/mol. The topological polar surface area (TPSA) is 78.9 Å². The van der Waals surface area contributed by atoms with E-state index in [-0.39, 0.29) is 31.1 Å². The molecule has 0 aliphatic heterocycles. The number of rotatable bonds is 60. The molecule has 6 nitrogen and oxygen atoms in total. The Labute approximate surface area is 483 Å². The lowest BCUT2D eigenvalue weighted by Gasteiger charge is -2.18. The number of hydrogen-bond donors (Lipinski definition) is 0. The Kier molecular flexibility index (Phi) is 62.7. The number of hydrogen-bond acceptors (Lipinski definition) is 6. The fourth-order valence-electron chi connectivity index (χ4n) is 9.40. The van der Waals surface area contributed by atoms with Gasteiger partial charge in [-0.2, -0.15) is 0 Å². The van der Waals surface area contributed by atoms with Crippen LogP contribution >= 0.6 is 0 Å². The first-order valence-electron chi connectivity index (χ1n) is 33.2. The van der Waals surface area contributed by atoms with Crippen molar-refractivity contribution in [2.24, 2.45) is 0 Å². The van der Waals surface area contributed by atoms with Gasteiger partial charge in [0.25, 0.3) is 0 Å². The second-order valence-corrected chi connectivity index (χ2v) is 22.0. The van der Waals surface area contributed by atoms with Gasteiger partial charge in [0.2, 0.25) is 0 Å². The summed E-state index contributed by atoms with van der Waals surface area (Å²) in [6.07, 6.45) is 88.8. The number of esters is 3. The molecule has 0 amide bonds. The molecule has 1 atom stereocenters. The lowest BCUT2D eigenvalue weighted by atomic mass is 10.0. The van der Waals surface area contributed by atoms with E-state index >= 15 is 0 Å². The van der Waals surface area contributed by atoms with Gasteiger partial charge in [0.1, 0.15) is 13.2 Å². The summed E-state index contributed by atoms with van der Waals surface area (Å²) in [6, 6.07) is 0. The average Bonchev–Trinajstić information content (AvgIpc) is 3.44. The van der Waals surface area contributed by atoms with Crippen molar-refractivity contribution in [2.75, 3.05) is 13.2 Å². The predicted octanol–water partition coefficient (Wildman–Crippen LogP) is 22.8. The molecular weight excluding hydrogens is 961 g/mol. The van der Waals surface area contributed by atoms with Gasteiger partial charge in [0.15, 0.2) is 6.10 Å². The minimum absolute atomic E-state index is 0.0828. The Balaban J connectivity index is 4.18. The van der Waals surface area contributed by atoms with Crippen molar-refractivity contribution in [3.05, 3.63) is 97.2 Å². The summed E-state index contributed by atoms with van der Waals surface area (Å²) in [6.45, 7) is 6.50. The number of ether oxygens (including phenoxy) is 3. The summed E-state index contributed by atoms with van der Waals surface area (Å²) in [4.78, 5) is 38.1. The minimum atomic E-state index is -0.785. The number of unbranched alkanes of at least 4 members (excludes halogenated alkanes) is 33. The quantitative estimate of drug-likeness (QED) is 0.0261. The first-order valence-corrected chi connectivity index (χ1v) is 33.2. The van der Waals surface area contributed by atoms with Gasteiger partial charge < -0.3 is 14.2 Å². The second kappa shape index (κ2) is 65.8. The fraction of sp³-hybridized carbons (Fsp3) is 0.736. The van der Waals surface area contributed by atoms with E-state index in [9.17, 15) is 14.4 Å². The van der Waals surface area contributed by atoms with Gasteiger partial charge in [-0.1, -0.05) is 317 Å². The molecule has 0 aromatic rings. The van der Waals surface area contributed by atoms with Crippen molar-refractivity contribution in [2.45, 2.75) is 329 Å². The largest absolute Gasteiger partial charge is 0.462 e. The third-order valence-corrected chi connectivity index (χ3v) is 14.4. The number of allylic oxidation sites excluding steroid dienone is 16. The molecular formula is C72H124O6. The van der Waals surface area contributed by atoms with Crippen LogP contribution in [-0.4, -0.2) is 37.2 Å². The van der Waals surface area contributed by atoms with E-state index in [1.165, 1.54) is 161 Å². The summed E-state index contributed by atoms with van der Waals surface area (Å²) in [5.41, 5.74) is 0. The van der Waals surface area contributed by atoms with Crippen molar-refractivity contribution in [3.8, 4) is 0 Å². The summed E-state index contributed by atoms with van der Waals surface area (Å²) in [5, 5.41) is 0. The van der Waals surface area contributed by atoms with E-state index in [1.54, 1.807) is 0 Å².